The molecule has 22 heavy (non-hydrogen) atoms. The average Bonchev–Trinajstić information content (AvgIpc) is 2.90. The minimum Gasteiger partial charge on any atom is -0.393 e. The molecule has 1 aromatic carbocycles. The molecule has 3 rings (SSSR count). The van der Waals surface area contributed by atoms with Crippen molar-refractivity contribution in [1.82, 2.24) is 9.88 Å². The van der Waals surface area contributed by atoms with Gasteiger partial charge in [0.15, 0.2) is 0 Å². The number of halogens is 1. The molecule has 118 valence electrons. The first-order valence-corrected chi connectivity index (χ1v) is 8.53. The number of aryl methyl sites for hydroxylation is 1. The van der Waals surface area contributed by atoms with Gasteiger partial charge in [-0.25, -0.2) is 9.37 Å². The number of rotatable bonds is 4. The van der Waals surface area contributed by atoms with Gasteiger partial charge >= 0.3 is 0 Å². The maximum absolute atomic E-state index is 13.0. The van der Waals surface area contributed by atoms with Gasteiger partial charge in [0.2, 0.25) is 0 Å². The van der Waals surface area contributed by atoms with Crippen molar-refractivity contribution in [2.45, 2.75) is 32.4 Å². The Morgan fingerprint density at radius 1 is 1.36 bits per heavy atom. The van der Waals surface area contributed by atoms with E-state index in [2.05, 4.69) is 9.88 Å². The lowest BCUT2D eigenvalue weighted by Crippen LogP contribution is -2.43. The van der Waals surface area contributed by atoms with Gasteiger partial charge in [0.25, 0.3) is 0 Å². The van der Waals surface area contributed by atoms with Crippen LogP contribution in [0.25, 0.3) is 0 Å². The Balaban J connectivity index is 1.63. The van der Waals surface area contributed by atoms with Crippen LogP contribution >= 0.6 is 11.3 Å². The van der Waals surface area contributed by atoms with Gasteiger partial charge in [-0.3, -0.25) is 4.90 Å². The first kappa shape index (κ1) is 15.6. The first-order valence-electron chi connectivity index (χ1n) is 7.65. The lowest BCUT2D eigenvalue weighted by Gasteiger charge is -2.36. The van der Waals surface area contributed by atoms with Crippen molar-refractivity contribution in [1.29, 1.82) is 0 Å². The molecule has 1 aliphatic rings. The lowest BCUT2D eigenvalue weighted by molar-refractivity contribution is 0.0242. The first-order chi connectivity index (χ1) is 10.6. The van der Waals surface area contributed by atoms with Crippen LogP contribution in [-0.4, -0.2) is 34.2 Å². The molecular weight excluding hydrogens is 299 g/mol. The van der Waals surface area contributed by atoms with Gasteiger partial charge in [-0.15, -0.1) is 11.3 Å². The minimum atomic E-state index is -0.274. The fraction of sp³-hybridized carbons (Fsp3) is 0.471. The van der Waals surface area contributed by atoms with Crippen LogP contribution in [0.3, 0.4) is 0 Å². The molecule has 0 amide bonds. The number of benzene rings is 1. The highest BCUT2D eigenvalue weighted by atomic mass is 32.1. The normalized spacial score (nSPS) is 22.9. The summed E-state index contributed by atoms with van der Waals surface area (Å²) in [6.07, 6.45) is 1.31. The van der Waals surface area contributed by atoms with Crippen molar-refractivity contribution in [3.8, 4) is 0 Å². The smallest absolute Gasteiger partial charge is 0.123 e. The summed E-state index contributed by atoms with van der Waals surface area (Å²) >= 11 is 1.69. The molecule has 3 nitrogen and oxygen atoms in total. The number of aliphatic hydroxyl groups excluding tert-OH is 1. The molecule has 0 aliphatic carbocycles. The van der Waals surface area contributed by atoms with E-state index < -0.39 is 0 Å². The summed E-state index contributed by atoms with van der Waals surface area (Å²) in [7, 11) is 0. The Bertz CT molecular complexity index is 613. The van der Waals surface area contributed by atoms with E-state index in [4.69, 9.17) is 0 Å². The molecule has 2 aromatic rings. The topological polar surface area (TPSA) is 36.4 Å². The second-order valence-corrected chi connectivity index (χ2v) is 6.98. The third-order valence-electron chi connectivity index (χ3n) is 4.40. The minimum absolute atomic E-state index is 0.201. The van der Waals surface area contributed by atoms with Gasteiger partial charge < -0.3 is 5.11 Å². The zero-order valence-corrected chi connectivity index (χ0v) is 13.5. The maximum Gasteiger partial charge on any atom is 0.123 e. The summed E-state index contributed by atoms with van der Waals surface area (Å²) in [5.74, 6) is -0.0114. The van der Waals surface area contributed by atoms with Crippen molar-refractivity contribution < 1.29 is 9.50 Å². The largest absolute Gasteiger partial charge is 0.393 e. The Kier molecular flexibility index (Phi) is 4.86. The van der Waals surface area contributed by atoms with Gasteiger partial charge in [-0.05, 0) is 37.5 Å². The Hall–Kier alpha value is -1.30. The van der Waals surface area contributed by atoms with E-state index in [-0.39, 0.29) is 17.8 Å². The Morgan fingerprint density at radius 3 is 2.82 bits per heavy atom. The predicted molar refractivity (Wildman–Crippen MR) is 86.3 cm³/mol. The van der Waals surface area contributed by atoms with Gasteiger partial charge in [0, 0.05) is 30.4 Å². The summed E-state index contributed by atoms with van der Waals surface area (Å²) in [5.41, 5.74) is 4.08. The van der Waals surface area contributed by atoms with Gasteiger partial charge in [0.1, 0.15) is 5.82 Å². The van der Waals surface area contributed by atoms with Crippen LogP contribution in [-0.2, 0) is 13.0 Å². The van der Waals surface area contributed by atoms with Gasteiger partial charge in [-0.2, -0.15) is 0 Å². The van der Waals surface area contributed by atoms with Crippen LogP contribution < -0.4 is 0 Å². The summed E-state index contributed by atoms with van der Waals surface area (Å²) < 4.78 is 13.0. The number of likely N-dealkylation sites (tertiary alicyclic amines) is 1. The monoisotopic (exact) mass is 320 g/mol. The third-order valence-corrected chi connectivity index (χ3v) is 5.32. The molecule has 0 saturated carbocycles. The number of hydrogen-bond donors (Lipinski definition) is 1. The molecule has 1 fully saturated rings. The Labute approximate surface area is 134 Å². The van der Waals surface area contributed by atoms with Crippen molar-refractivity contribution in [3.05, 3.63) is 51.7 Å². The van der Waals surface area contributed by atoms with Crippen LogP contribution in [0.2, 0.25) is 0 Å². The van der Waals surface area contributed by atoms with Crippen molar-refractivity contribution in [2.24, 2.45) is 5.92 Å². The molecule has 1 N–H and O–H groups in total. The van der Waals surface area contributed by atoms with Gasteiger partial charge in [-0.1, -0.05) is 12.1 Å². The summed E-state index contributed by atoms with van der Waals surface area (Å²) in [4.78, 5) is 7.99. The number of piperidine rings is 1. The molecule has 1 aliphatic heterocycles. The third kappa shape index (κ3) is 3.72. The second-order valence-electron chi connectivity index (χ2n) is 6.04. The van der Waals surface area contributed by atoms with Crippen LogP contribution in [0.4, 0.5) is 4.39 Å². The van der Waals surface area contributed by atoms with E-state index in [1.165, 1.54) is 17.0 Å². The molecule has 1 aromatic heterocycles. The number of hydrogen-bond acceptors (Lipinski definition) is 4. The van der Waals surface area contributed by atoms with Crippen LogP contribution in [0, 0.1) is 18.7 Å². The van der Waals surface area contributed by atoms with Crippen LogP contribution in [0.15, 0.2) is 29.8 Å². The van der Waals surface area contributed by atoms with E-state index in [0.29, 0.717) is 0 Å². The summed E-state index contributed by atoms with van der Waals surface area (Å²) in [6.45, 7) is 4.73. The molecule has 0 radical (unpaired) electrons. The molecule has 0 bridgehead atoms. The SMILES string of the molecule is Cc1ncsc1CN1CC[C@H](O)[C@H](Cc2ccc(F)cc2)C1. The summed E-state index contributed by atoms with van der Waals surface area (Å²) in [6, 6.07) is 6.61. The molecular formula is C17H21FN2OS. The zero-order valence-electron chi connectivity index (χ0n) is 12.7. The number of aliphatic hydroxyl groups is 1. The Morgan fingerprint density at radius 2 is 2.14 bits per heavy atom. The molecule has 0 unspecified atom stereocenters. The van der Waals surface area contributed by atoms with Crippen LogP contribution in [0.5, 0.6) is 0 Å². The van der Waals surface area contributed by atoms with E-state index in [9.17, 15) is 9.50 Å². The van der Waals surface area contributed by atoms with Gasteiger partial charge in [0.05, 0.1) is 17.3 Å². The fourth-order valence-electron chi connectivity index (χ4n) is 3.04. The average molecular weight is 320 g/mol. The van der Waals surface area contributed by atoms with E-state index in [0.717, 1.165) is 43.7 Å². The quantitative estimate of drug-likeness (QED) is 0.941. The number of nitrogens with zero attached hydrogens (tertiary/aromatic N) is 2. The molecule has 0 spiro atoms. The van der Waals surface area contributed by atoms with Crippen molar-refractivity contribution >= 4 is 11.3 Å². The fourth-order valence-corrected chi connectivity index (χ4v) is 3.86. The predicted octanol–water partition coefficient (Wildman–Crippen LogP) is 3.02. The highest BCUT2D eigenvalue weighted by Gasteiger charge is 2.28. The number of aromatic nitrogens is 1. The molecule has 1 saturated heterocycles. The lowest BCUT2D eigenvalue weighted by atomic mass is 9.88. The van der Waals surface area contributed by atoms with E-state index in [1.807, 2.05) is 24.6 Å². The van der Waals surface area contributed by atoms with Crippen molar-refractivity contribution in [3.63, 3.8) is 0 Å². The highest BCUT2D eigenvalue weighted by Crippen LogP contribution is 2.24. The molecule has 2 atom stereocenters. The van der Waals surface area contributed by atoms with E-state index >= 15 is 0 Å². The van der Waals surface area contributed by atoms with Crippen LogP contribution in [0.1, 0.15) is 22.6 Å². The maximum atomic E-state index is 13.0. The second kappa shape index (κ2) is 6.86. The van der Waals surface area contributed by atoms with E-state index in [1.54, 1.807) is 11.3 Å². The zero-order chi connectivity index (χ0) is 15.5. The standard InChI is InChI=1S/C17H21FN2OS/c1-12-17(22-11-19-12)10-20-7-6-16(21)14(9-20)8-13-2-4-15(18)5-3-13/h2-5,11,14,16,21H,6-10H2,1H3/t14-,16+/m1/s1. The molecule has 2 heterocycles. The summed E-state index contributed by atoms with van der Waals surface area (Å²) in [5, 5.41) is 10.3. The molecule has 5 heteroatoms. The van der Waals surface area contributed by atoms with Crippen molar-refractivity contribution in [2.75, 3.05) is 13.1 Å². The highest BCUT2D eigenvalue weighted by molar-refractivity contribution is 7.09. The number of thiazole rings is 1.